The molecule has 0 saturated carbocycles. The molecule has 1 heterocycles. The minimum atomic E-state index is -0.440. The Labute approximate surface area is 98.1 Å². The third-order valence-corrected chi connectivity index (χ3v) is 3.07. The summed E-state index contributed by atoms with van der Waals surface area (Å²) in [6.45, 7) is 9.21. The molecule has 0 bridgehead atoms. The molecular weight excluding hydrogens is 204 g/mol. The zero-order valence-electron chi connectivity index (χ0n) is 10.8. The van der Waals surface area contributed by atoms with Gasteiger partial charge in [0, 0.05) is 12.6 Å². The molecule has 16 heavy (non-hydrogen) atoms. The fraction of sp³-hybridized carbons (Fsp3) is 0.917. The molecule has 2 atom stereocenters. The number of hydrogen-bond acceptors (Lipinski definition) is 4. The predicted octanol–water partition coefficient (Wildman–Crippen LogP) is 1.55. The normalized spacial score (nSPS) is 27.8. The second-order valence-electron chi connectivity index (χ2n) is 5.74. The maximum atomic E-state index is 11.7. The van der Waals surface area contributed by atoms with Gasteiger partial charge in [0.25, 0.3) is 0 Å². The van der Waals surface area contributed by atoms with Gasteiger partial charge in [0.1, 0.15) is 0 Å². The first-order chi connectivity index (χ1) is 7.34. The lowest BCUT2D eigenvalue weighted by atomic mass is 9.93. The molecule has 1 fully saturated rings. The summed E-state index contributed by atoms with van der Waals surface area (Å²) in [6, 6.07) is 0.272. The summed E-state index contributed by atoms with van der Waals surface area (Å²) in [7, 11) is 0. The van der Waals surface area contributed by atoms with Crippen LogP contribution in [-0.4, -0.2) is 30.2 Å². The third-order valence-electron chi connectivity index (χ3n) is 3.07. The molecule has 2 N–H and O–H groups in total. The lowest BCUT2D eigenvalue weighted by Crippen LogP contribution is -2.45. The average Bonchev–Trinajstić information content (AvgIpc) is 2.19. The van der Waals surface area contributed by atoms with E-state index in [0.29, 0.717) is 5.92 Å². The Balaban J connectivity index is 2.48. The fourth-order valence-electron chi connectivity index (χ4n) is 1.84. The first kappa shape index (κ1) is 13.5. The molecule has 0 aromatic heterocycles. The van der Waals surface area contributed by atoms with E-state index in [1.54, 1.807) is 5.06 Å². The minimum Gasteiger partial charge on any atom is -0.367 e. The van der Waals surface area contributed by atoms with Crippen molar-refractivity contribution in [3.63, 3.8) is 0 Å². The van der Waals surface area contributed by atoms with Gasteiger partial charge in [-0.3, -0.25) is 0 Å². The largest absolute Gasteiger partial charge is 0.367 e. The van der Waals surface area contributed by atoms with Crippen LogP contribution in [0.15, 0.2) is 0 Å². The average molecular weight is 228 g/mol. The van der Waals surface area contributed by atoms with Crippen molar-refractivity contribution >= 4 is 5.97 Å². The molecule has 1 aliphatic heterocycles. The van der Waals surface area contributed by atoms with E-state index in [-0.39, 0.29) is 12.0 Å². The molecule has 0 aromatic rings. The summed E-state index contributed by atoms with van der Waals surface area (Å²) >= 11 is 0. The maximum absolute atomic E-state index is 11.7. The van der Waals surface area contributed by atoms with Crippen molar-refractivity contribution < 1.29 is 9.63 Å². The molecule has 94 valence electrons. The molecule has 0 radical (unpaired) electrons. The van der Waals surface area contributed by atoms with Gasteiger partial charge in [0.15, 0.2) is 0 Å². The van der Waals surface area contributed by atoms with Gasteiger partial charge in [0.2, 0.25) is 0 Å². The second kappa shape index (κ2) is 5.15. The van der Waals surface area contributed by atoms with Crippen molar-refractivity contribution in [2.24, 2.45) is 17.1 Å². The molecule has 0 spiro atoms. The van der Waals surface area contributed by atoms with Gasteiger partial charge in [-0.15, -0.1) is 5.06 Å². The summed E-state index contributed by atoms with van der Waals surface area (Å²) in [5.74, 6) is 0.408. The van der Waals surface area contributed by atoms with Crippen LogP contribution >= 0.6 is 0 Å². The van der Waals surface area contributed by atoms with Gasteiger partial charge in [-0.1, -0.05) is 0 Å². The van der Waals surface area contributed by atoms with E-state index in [1.807, 2.05) is 20.8 Å². The minimum absolute atomic E-state index is 0.162. The van der Waals surface area contributed by atoms with Gasteiger partial charge in [-0.05, 0) is 53.0 Å². The lowest BCUT2D eigenvalue weighted by molar-refractivity contribution is -0.217. The maximum Gasteiger partial charge on any atom is 0.330 e. The zero-order valence-corrected chi connectivity index (χ0v) is 10.8. The zero-order chi connectivity index (χ0) is 12.3. The molecular formula is C12H24N2O2. The molecule has 4 heteroatoms. The van der Waals surface area contributed by atoms with E-state index in [0.717, 1.165) is 25.9 Å². The number of hydroxylamine groups is 2. The Morgan fingerprint density at radius 2 is 2.12 bits per heavy atom. The van der Waals surface area contributed by atoms with E-state index in [4.69, 9.17) is 10.6 Å². The molecule has 0 aliphatic carbocycles. The highest BCUT2D eigenvalue weighted by Crippen LogP contribution is 2.24. The fourth-order valence-corrected chi connectivity index (χ4v) is 1.84. The van der Waals surface area contributed by atoms with Gasteiger partial charge >= 0.3 is 5.97 Å². The van der Waals surface area contributed by atoms with Gasteiger partial charge in [0.05, 0.1) is 5.41 Å². The second-order valence-corrected chi connectivity index (χ2v) is 5.74. The van der Waals surface area contributed by atoms with Crippen molar-refractivity contribution in [1.82, 2.24) is 5.06 Å². The molecule has 1 aliphatic rings. The van der Waals surface area contributed by atoms with Crippen molar-refractivity contribution in [2.75, 3.05) is 13.1 Å². The number of carbonyl (C=O) groups is 1. The topological polar surface area (TPSA) is 55.6 Å². The monoisotopic (exact) mass is 228 g/mol. The Hall–Kier alpha value is -0.610. The van der Waals surface area contributed by atoms with Crippen LogP contribution in [0.1, 0.15) is 40.5 Å². The van der Waals surface area contributed by atoms with Crippen molar-refractivity contribution in [3.8, 4) is 0 Å². The summed E-state index contributed by atoms with van der Waals surface area (Å²) in [5.41, 5.74) is 5.22. The van der Waals surface area contributed by atoms with Crippen LogP contribution < -0.4 is 5.73 Å². The molecule has 4 nitrogen and oxygen atoms in total. The summed E-state index contributed by atoms with van der Waals surface area (Å²) in [5, 5.41) is 1.81. The lowest BCUT2D eigenvalue weighted by Gasteiger charge is -2.36. The Morgan fingerprint density at radius 3 is 2.56 bits per heavy atom. The van der Waals surface area contributed by atoms with Gasteiger partial charge in [-0.25, -0.2) is 4.79 Å². The first-order valence-electron chi connectivity index (χ1n) is 6.03. The first-order valence-corrected chi connectivity index (χ1v) is 6.03. The Bertz CT molecular complexity index is 248. The summed E-state index contributed by atoms with van der Waals surface area (Å²) < 4.78 is 0. The van der Waals surface area contributed by atoms with Crippen LogP contribution in [-0.2, 0) is 9.63 Å². The third kappa shape index (κ3) is 3.46. The van der Waals surface area contributed by atoms with Crippen molar-refractivity contribution in [2.45, 2.75) is 46.6 Å². The number of carbonyl (C=O) groups excluding carboxylic acids is 1. The van der Waals surface area contributed by atoms with E-state index in [2.05, 4.69) is 6.92 Å². The number of rotatable bonds is 2. The van der Waals surface area contributed by atoms with Gasteiger partial charge < -0.3 is 10.6 Å². The van der Waals surface area contributed by atoms with Crippen LogP contribution in [0.5, 0.6) is 0 Å². The SMILES string of the molecule is CC1CC(CN)CCN1OC(=O)C(C)(C)C. The van der Waals surface area contributed by atoms with Crippen molar-refractivity contribution in [1.29, 1.82) is 0 Å². The van der Waals surface area contributed by atoms with Crippen LogP contribution in [0.3, 0.4) is 0 Å². The van der Waals surface area contributed by atoms with Crippen LogP contribution in [0.4, 0.5) is 0 Å². The number of nitrogens with two attached hydrogens (primary N) is 1. The molecule has 1 rings (SSSR count). The highest BCUT2D eigenvalue weighted by atomic mass is 16.7. The molecule has 1 saturated heterocycles. The van der Waals surface area contributed by atoms with Crippen LogP contribution in [0.25, 0.3) is 0 Å². The highest BCUT2D eigenvalue weighted by Gasteiger charge is 2.31. The Kier molecular flexibility index (Phi) is 4.33. The smallest absolute Gasteiger partial charge is 0.330 e. The van der Waals surface area contributed by atoms with Crippen LogP contribution in [0.2, 0.25) is 0 Å². The number of piperidine rings is 1. The standard InChI is InChI=1S/C12H24N2O2/c1-9-7-10(8-13)5-6-14(9)16-11(15)12(2,3)4/h9-10H,5-8,13H2,1-4H3. The molecule has 2 unspecified atom stereocenters. The van der Waals surface area contributed by atoms with E-state index >= 15 is 0 Å². The van der Waals surface area contributed by atoms with E-state index in [1.165, 1.54) is 0 Å². The van der Waals surface area contributed by atoms with E-state index in [9.17, 15) is 4.79 Å². The van der Waals surface area contributed by atoms with Crippen LogP contribution in [0, 0.1) is 11.3 Å². The quantitative estimate of drug-likeness (QED) is 0.779. The highest BCUT2D eigenvalue weighted by molar-refractivity contribution is 5.75. The van der Waals surface area contributed by atoms with Crippen molar-refractivity contribution in [3.05, 3.63) is 0 Å². The number of nitrogens with zero attached hydrogens (tertiary/aromatic N) is 1. The van der Waals surface area contributed by atoms with E-state index < -0.39 is 5.41 Å². The molecule has 0 amide bonds. The Morgan fingerprint density at radius 1 is 1.50 bits per heavy atom. The summed E-state index contributed by atoms with van der Waals surface area (Å²) in [6.07, 6.45) is 2.02. The predicted molar refractivity (Wildman–Crippen MR) is 63.5 cm³/mol. The molecule has 0 aromatic carbocycles. The number of hydrogen-bond donors (Lipinski definition) is 1. The van der Waals surface area contributed by atoms with Gasteiger partial charge in [-0.2, -0.15) is 0 Å². The summed E-state index contributed by atoms with van der Waals surface area (Å²) in [4.78, 5) is 17.2.